The Morgan fingerprint density at radius 1 is 0.788 bits per heavy atom. The predicted molar refractivity (Wildman–Crippen MR) is 133 cm³/mol. The molecule has 1 aromatic heterocycles. The number of hydrogen-bond acceptors (Lipinski definition) is 5. The fraction of sp³-hybridized carbons (Fsp3) is 0. The number of aromatic nitrogens is 2. The minimum absolute atomic E-state index is 0.190. The number of hydrogen-bond donors (Lipinski definition) is 2. The number of anilines is 5. The molecule has 0 bridgehead atoms. The number of nitrogens with zero attached hydrogens (tertiary/aromatic N) is 3. The van der Waals surface area contributed by atoms with Gasteiger partial charge >= 0.3 is 0 Å². The third kappa shape index (κ3) is 4.36. The maximum absolute atomic E-state index is 12.5. The summed E-state index contributed by atoms with van der Waals surface area (Å²) in [4.78, 5) is 23.1. The number of carbonyl (C=O) groups is 1. The van der Waals surface area contributed by atoms with Crippen LogP contribution in [0.5, 0.6) is 0 Å². The zero-order valence-corrected chi connectivity index (χ0v) is 17.7. The first kappa shape index (κ1) is 20.2. The van der Waals surface area contributed by atoms with Gasteiger partial charge in [0.15, 0.2) is 0 Å². The molecule has 0 radical (unpaired) electrons. The molecule has 0 atom stereocenters. The van der Waals surface area contributed by atoms with Crippen molar-refractivity contribution in [1.29, 1.82) is 0 Å². The summed E-state index contributed by atoms with van der Waals surface area (Å²) in [5, 5.41) is 5.23. The van der Waals surface area contributed by atoms with E-state index in [4.69, 9.17) is 5.73 Å². The maximum atomic E-state index is 12.5. The van der Waals surface area contributed by atoms with Crippen molar-refractivity contribution in [1.82, 2.24) is 9.97 Å². The predicted octanol–water partition coefficient (Wildman–Crippen LogP) is 5.93. The smallest absolute Gasteiger partial charge is 0.255 e. The van der Waals surface area contributed by atoms with Crippen LogP contribution >= 0.6 is 0 Å². The number of rotatable bonds is 5. The molecule has 0 unspecified atom stereocenters. The Morgan fingerprint density at radius 3 is 2.24 bits per heavy atom. The van der Waals surface area contributed by atoms with E-state index in [9.17, 15) is 4.79 Å². The molecule has 4 aromatic carbocycles. The highest BCUT2D eigenvalue weighted by Gasteiger charge is 2.14. The van der Waals surface area contributed by atoms with Crippen LogP contribution in [0.25, 0.3) is 10.8 Å². The Labute approximate surface area is 191 Å². The van der Waals surface area contributed by atoms with E-state index >= 15 is 0 Å². The van der Waals surface area contributed by atoms with Crippen molar-refractivity contribution in [3.63, 3.8) is 0 Å². The zero-order valence-electron chi connectivity index (χ0n) is 17.7. The Balaban J connectivity index is 1.46. The minimum atomic E-state index is -0.190. The largest absolute Gasteiger partial charge is 0.399 e. The van der Waals surface area contributed by atoms with Crippen LogP contribution in [0.3, 0.4) is 0 Å². The lowest BCUT2D eigenvalue weighted by Crippen LogP contribution is -2.13. The van der Waals surface area contributed by atoms with Gasteiger partial charge in [-0.2, -0.15) is 0 Å². The molecule has 160 valence electrons. The quantitative estimate of drug-likeness (QED) is 0.337. The standard InChI is InChI=1S/C27H21N5O/c28-22-8-5-20(6-9-22)27(33)31-23-10-13-24(14-11-23)32(26-15-16-29-18-30-26)25-12-7-19-3-1-2-4-21(19)17-25/h1-18H,28H2,(H,31,33). The van der Waals surface area contributed by atoms with Gasteiger partial charge in [0.2, 0.25) is 0 Å². The second kappa shape index (κ2) is 8.80. The summed E-state index contributed by atoms with van der Waals surface area (Å²) in [5.41, 5.74) is 9.46. The molecule has 0 spiro atoms. The van der Waals surface area contributed by atoms with Gasteiger partial charge in [0.05, 0.1) is 0 Å². The van der Waals surface area contributed by atoms with E-state index in [2.05, 4.69) is 50.5 Å². The molecule has 0 aliphatic carbocycles. The second-order valence-electron chi connectivity index (χ2n) is 7.56. The van der Waals surface area contributed by atoms with E-state index in [-0.39, 0.29) is 5.91 Å². The molecule has 1 heterocycles. The van der Waals surface area contributed by atoms with E-state index in [1.165, 1.54) is 11.7 Å². The third-order valence-corrected chi connectivity index (χ3v) is 5.34. The number of benzene rings is 4. The molecular weight excluding hydrogens is 410 g/mol. The van der Waals surface area contributed by atoms with Crippen LogP contribution in [-0.2, 0) is 0 Å². The molecule has 0 saturated heterocycles. The van der Waals surface area contributed by atoms with E-state index in [0.717, 1.165) is 22.6 Å². The number of nitrogens with two attached hydrogens (primary N) is 1. The van der Waals surface area contributed by atoms with E-state index in [1.807, 2.05) is 42.5 Å². The minimum Gasteiger partial charge on any atom is -0.399 e. The fourth-order valence-corrected chi connectivity index (χ4v) is 3.68. The van der Waals surface area contributed by atoms with Crippen LogP contribution in [0, 0.1) is 0 Å². The number of nitrogen functional groups attached to an aromatic ring is 1. The van der Waals surface area contributed by atoms with Gasteiger partial charge in [-0.1, -0.05) is 30.3 Å². The van der Waals surface area contributed by atoms with Gasteiger partial charge < -0.3 is 11.1 Å². The van der Waals surface area contributed by atoms with Crippen LogP contribution in [-0.4, -0.2) is 15.9 Å². The second-order valence-corrected chi connectivity index (χ2v) is 7.56. The molecule has 33 heavy (non-hydrogen) atoms. The first-order valence-corrected chi connectivity index (χ1v) is 10.5. The molecular formula is C27H21N5O. The van der Waals surface area contributed by atoms with Crippen molar-refractivity contribution in [2.24, 2.45) is 0 Å². The van der Waals surface area contributed by atoms with Crippen molar-refractivity contribution in [2.75, 3.05) is 16.0 Å². The normalized spacial score (nSPS) is 10.7. The summed E-state index contributed by atoms with van der Waals surface area (Å²) in [6, 6.07) is 30.9. The number of fused-ring (bicyclic) bond motifs is 1. The van der Waals surface area contributed by atoms with Gasteiger partial charge in [-0.25, -0.2) is 9.97 Å². The van der Waals surface area contributed by atoms with E-state index < -0.39 is 0 Å². The van der Waals surface area contributed by atoms with Gasteiger partial charge in [0.1, 0.15) is 12.1 Å². The molecule has 5 rings (SSSR count). The molecule has 6 nitrogen and oxygen atoms in total. The molecule has 0 aliphatic rings. The Morgan fingerprint density at radius 2 is 1.52 bits per heavy atom. The lowest BCUT2D eigenvalue weighted by atomic mass is 10.1. The summed E-state index contributed by atoms with van der Waals surface area (Å²) >= 11 is 0. The van der Waals surface area contributed by atoms with Gasteiger partial charge in [-0.05, 0) is 77.5 Å². The summed E-state index contributed by atoms with van der Waals surface area (Å²) < 4.78 is 0. The third-order valence-electron chi connectivity index (χ3n) is 5.34. The van der Waals surface area contributed by atoms with Crippen LogP contribution in [0.15, 0.2) is 110 Å². The lowest BCUT2D eigenvalue weighted by Gasteiger charge is -2.24. The highest BCUT2D eigenvalue weighted by atomic mass is 16.1. The van der Waals surface area contributed by atoms with Crippen molar-refractivity contribution in [3.05, 3.63) is 115 Å². The summed E-state index contributed by atoms with van der Waals surface area (Å²) in [6.45, 7) is 0. The summed E-state index contributed by atoms with van der Waals surface area (Å²) in [7, 11) is 0. The fourth-order valence-electron chi connectivity index (χ4n) is 3.68. The number of nitrogens with one attached hydrogen (secondary N) is 1. The highest BCUT2D eigenvalue weighted by Crippen LogP contribution is 2.35. The van der Waals surface area contributed by atoms with Gasteiger partial charge in [-0.3, -0.25) is 9.69 Å². The average Bonchev–Trinajstić information content (AvgIpc) is 2.86. The zero-order chi connectivity index (χ0) is 22.6. The topological polar surface area (TPSA) is 84.1 Å². The first-order chi connectivity index (χ1) is 16.2. The van der Waals surface area contributed by atoms with Crippen LogP contribution in [0.2, 0.25) is 0 Å². The maximum Gasteiger partial charge on any atom is 0.255 e. The Kier molecular flexibility index (Phi) is 5.39. The van der Waals surface area contributed by atoms with Crippen molar-refractivity contribution in [3.8, 4) is 0 Å². The van der Waals surface area contributed by atoms with Crippen LogP contribution < -0.4 is 16.0 Å². The Bertz CT molecular complexity index is 1400. The van der Waals surface area contributed by atoms with Gasteiger partial charge in [0.25, 0.3) is 5.91 Å². The molecule has 3 N–H and O–H groups in total. The summed E-state index contributed by atoms with van der Waals surface area (Å²) in [5.74, 6) is 0.559. The molecule has 6 heteroatoms. The van der Waals surface area contributed by atoms with Crippen LogP contribution in [0.4, 0.5) is 28.6 Å². The molecule has 5 aromatic rings. The highest BCUT2D eigenvalue weighted by molar-refractivity contribution is 6.04. The molecule has 0 aliphatic heterocycles. The van der Waals surface area contributed by atoms with E-state index in [1.54, 1.807) is 30.5 Å². The Hall–Kier alpha value is -4.71. The molecule has 0 fully saturated rings. The SMILES string of the molecule is Nc1ccc(C(=O)Nc2ccc(N(c3ccc4ccccc4c3)c3ccncn3)cc2)cc1. The van der Waals surface area contributed by atoms with Crippen LogP contribution in [0.1, 0.15) is 10.4 Å². The molecule has 0 saturated carbocycles. The molecule has 1 amide bonds. The monoisotopic (exact) mass is 431 g/mol. The number of amides is 1. The average molecular weight is 431 g/mol. The van der Waals surface area contributed by atoms with Gasteiger partial charge in [0, 0.05) is 34.5 Å². The van der Waals surface area contributed by atoms with Crippen molar-refractivity contribution >= 4 is 45.2 Å². The van der Waals surface area contributed by atoms with E-state index in [0.29, 0.717) is 16.9 Å². The summed E-state index contributed by atoms with van der Waals surface area (Å²) in [6.07, 6.45) is 3.25. The lowest BCUT2D eigenvalue weighted by molar-refractivity contribution is 0.102. The van der Waals surface area contributed by atoms with Gasteiger partial charge in [-0.15, -0.1) is 0 Å². The van der Waals surface area contributed by atoms with Crippen molar-refractivity contribution in [2.45, 2.75) is 0 Å². The van der Waals surface area contributed by atoms with Crippen molar-refractivity contribution < 1.29 is 4.79 Å². The number of carbonyl (C=O) groups excluding carboxylic acids is 1. The first-order valence-electron chi connectivity index (χ1n) is 10.5.